The maximum atomic E-state index is 12.4. The van der Waals surface area contributed by atoms with Gasteiger partial charge in [0, 0.05) is 13.1 Å². The van der Waals surface area contributed by atoms with E-state index in [1.807, 2.05) is 11.8 Å². The van der Waals surface area contributed by atoms with Gasteiger partial charge < -0.3 is 9.42 Å². The van der Waals surface area contributed by atoms with Crippen LogP contribution in [0.2, 0.25) is 0 Å². The number of hydrogen-bond acceptors (Lipinski definition) is 3. The molecule has 1 aromatic rings. The lowest BCUT2D eigenvalue weighted by molar-refractivity contribution is 0.0758. The standard InChI is InChI=1S/C13H20N2O2/c1-9-5-4-7-15(8-6-9)13(16)12-10(2)14-17-11(12)3/h9H,4-8H2,1-3H3. The first-order chi connectivity index (χ1) is 8.09. The highest BCUT2D eigenvalue weighted by Gasteiger charge is 2.24. The number of nitrogens with zero attached hydrogens (tertiary/aromatic N) is 2. The number of rotatable bonds is 1. The third-order valence-corrected chi connectivity index (χ3v) is 3.55. The summed E-state index contributed by atoms with van der Waals surface area (Å²) >= 11 is 0. The Balaban J connectivity index is 2.14. The number of carbonyl (C=O) groups is 1. The lowest BCUT2D eigenvalue weighted by atomic mass is 10.0. The highest BCUT2D eigenvalue weighted by atomic mass is 16.5. The predicted molar refractivity (Wildman–Crippen MR) is 64.9 cm³/mol. The van der Waals surface area contributed by atoms with E-state index in [1.54, 1.807) is 6.92 Å². The van der Waals surface area contributed by atoms with Crippen molar-refractivity contribution < 1.29 is 9.32 Å². The minimum absolute atomic E-state index is 0.0790. The average molecular weight is 236 g/mol. The molecule has 0 N–H and O–H groups in total. The summed E-state index contributed by atoms with van der Waals surface area (Å²) in [6.07, 6.45) is 3.40. The summed E-state index contributed by atoms with van der Waals surface area (Å²) in [4.78, 5) is 14.3. The Morgan fingerprint density at radius 2 is 2.12 bits per heavy atom. The van der Waals surface area contributed by atoms with Crippen LogP contribution in [0.15, 0.2) is 4.52 Å². The Labute approximate surface area is 102 Å². The van der Waals surface area contributed by atoms with Gasteiger partial charge in [-0.1, -0.05) is 12.1 Å². The summed E-state index contributed by atoms with van der Waals surface area (Å²) in [5.41, 5.74) is 1.35. The zero-order valence-electron chi connectivity index (χ0n) is 10.8. The highest BCUT2D eigenvalue weighted by Crippen LogP contribution is 2.20. The molecule has 1 fully saturated rings. The Bertz CT molecular complexity index is 392. The molecular weight excluding hydrogens is 216 g/mol. The van der Waals surface area contributed by atoms with Crippen LogP contribution >= 0.6 is 0 Å². The molecule has 1 aliphatic rings. The first-order valence-corrected chi connectivity index (χ1v) is 6.31. The molecule has 1 aromatic heterocycles. The second-order valence-corrected chi connectivity index (χ2v) is 5.03. The lowest BCUT2D eigenvalue weighted by Gasteiger charge is -2.20. The maximum Gasteiger partial charge on any atom is 0.259 e. The van der Waals surface area contributed by atoms with Gasteiger partial charge in [-0.25, -0.2) is 0 Å². The van der Waals surface area contributed by atoms with E-state index in [4.69, 9.17) is 4.52 Å². The number of likely N-dealkylation sites (tertiary alicyclic amines) is 1. The molecule has 1 atom stereocenters. The van der Waals surface area contributed by atoms with E-state index in [1.165, 1.54) is 6.42 Å². The minimum Gasteiger partial charge on any atom is -0.361 e. The first-order valence-electron chi connectivity index (χ1n) is 6.31. The van der Waals surface area contributed by atoms with Crippen LogP contribution < -0.4 is 0 Å². The summed E-state index contributed by atoms with van der Waals surface area (Å²) < 4.78 is 5.06. The SMILES string of the molecule is Cc1noc(C)c1C(=O)N1CCCC(C)CC1. The third-order valence-electron chi connectivity index (χ3n) is 3.55. The predicted octanol–water partition coefficient (Wildman–Crippen LogP) is 2.55. The van der Waals surface area contributed by atoms with E-state index in [0.29, 0.717) is 17.0 Å². The topological polar surface area (TPSA) is 46.3 Å². The van der Waals surface area contributed by atoms with Gasteiger partial charge >= 0.3 is 0 Å². The van der Waals surface area contributed by atoms with E-state index in [2.05, 4.69) is 12.1 Å². The second-order valence-electron chi connectivity index (χ2n) is 5.03. The number of aryl methyl sites for hydroxylation is 2. The Hall–Kier alpha value is -1.32. The maximum absolute atomic E-state index is 12.4. The molecule has 0 aliphatic carbocycles. The molecule has 2 heterocycles. The van der Waals surface area contributed by atoms with Gasteiger partial charge in [0.05, 0.1) is 5.69 Å². The van der Waals surface area contributed by atoms with Crippen molar-refractivity contribution in [1.29, 1.82) is 0 Å². The van der Waals surface area contributed by atoms with Crippen LogP contribution in [0.5, 0.6) is 0 Å². The van der Waals surface area contributed by atoms with Gasteiger partial charge in [-0.2, -0.15) is 0 Å². The van der Waals surface area contributed by atoms with Crippen molar-refractivity contribution >= 4 is 5.91 Å². The molecule has 94 valence electrons. The van der Waals surface area contributed by atoms with Gasteiger partial charge in [-0.15, -0.1) is 0 Å². The molecule has 1 aliphatic heterocycles. The van der Waals surface area contributed by atoms with E-state index < -0.39 is 0 Å². The monoisotopic (exact) mass is 236 g/mol. The fourth-order valence-electron chi connectivity index (χ4n) is 2.41. The Kier molecular flexibility index (Phi) is 3.50. The number of aromatic nitrogens is 1. The number of amides is 1. The van der Waals surface area contributed by atoms with Crippen LogP contribution in [0.1, 0.15) is 48.0 Å². The number of carbonyl (C=O) groups excluding carboxylic acids is 1. The quantitative estimate of drug-likeness (QED) is 0.752. The van der Waals surface area contributed by atoms with Crippen LogP contribution in [-0.2, 0) is 0 Å². The molecule has 0 spiro atoms. The van der Waals surface area contributed by atoms with E-state index in [-0.39, 0.29) is 5.91 Å². The molecule has 0 aromatic carbocycles. The molecule has 1 unspecified atom stereocenters. The van der Waals surface area contributed by atoms with Crippen LogP contribution in [0.25, 0.3) is 0 Å². The van der Waals surface area contributed by atoms with Crippen molar-refractivity contribution in [3.63, 3.8) is 0 Å². The second kappa shape index (κ2) is 4.90. The van der Waals surface area contributed by atoms with Crippen molar-refractivity contribution in [2.75, 3.05) is 13.1 Å². The fourth-order valence-corrected chi connectivity index (χ4v) is 2.41. The van der Waals surface area contributed by atoms with Crippen molar-refractivity contribution in [2.24, 2.45) is 5.92 Å². The number of hydrogen-bond donors (Lipinski definition) is 0. The summed E-state index contributed by atoms with van der Waals surface area (Å²) in [5, 5.41) is 3.85. The van der Waals surface area contributed by atoms with E-state index >= 15 is 0 Å². The van der Waals surface area contributed by atoms with Gasteiger partial charge in [0.15, 0.2) is 0 Å². The van der Waals surface area contributed by atoms with Crippen LogP contribution in [0.3, 0.4) is 0 Å². The van der Waals surface area contributed by atoms with Gasteiger partial charge in [0.25, 0.3) is 5.91 Å². The van der Waals surface area contributed by atoms with Crippen molar-refractivity contribution in [3.8, 4) is 0 Å². The molecule has 4 nitrogen and oxygen atoms in total. The van der Waals surface area contributed by atoms with Gasteiger partial charge in [0.1, 0.15) is 11.3 Å². The molecule has 1 saturated heterocycles. The Morgan fingerprint density at radius 3 is 2.76 bits per heavy atom. The smallest absolute Gasteiger partial charge is 0.259 e. The fraction of sp³-hybridized carbons (Fsp3) is 0.692. The first kappa shape index (κ1) is 12.1. The third kappa shape index (κ3) is 2.51. The molecule has 0 bridgehead atoms. The van der Waals surface area contributed by atoms with Crippen molar-refractivity contribution in [3.05, 3.63) is 17.0 Å². The van der Waals surface area contributed by atoms with Gasteiger partial charge in [-0.3, -0.25) is 4.79 Å². The average Bonchev–Trinajstić information content (AvgIpc) is 2.51. The van der Waals surface area contributed by atoms with Crippen LogP contribution in [0.4, 0.5) is 0 Å². The lowest BCUT2D eigenvalue weighted by Crippen LogP contribution is -2.32. The zero-order chi connectivity index (χ0) is 12.4. The Morgan fingerprint density at radius 1 is 1.35 bits per heavy atom. The molecule has 17 heavy (non-hydrogen) atoms. The summed E-state index contributed by atoms with van der Waals surface area (Å²) in [7, 11) is 0. The van der Waals surface area contributed by atoms with Crippen LogP contribution in [0, 0.1) is 19.8 Å². The van der Waals surface area contributed by atoms with Gasteiger partial charge in [-0.05, 0) is 39.0 Å². The highest BCUT2D eigenvalue weighted by molar-refractivity contribution is 5.96. The van der Waals surface area contributed by atoms with Crippen molar-refractivity contribution in [2.45, 2.75) is 40.0 Å². The molecule has 2 rings (SSSR count). The molecule has 4 heteroatoms. The van der Waals surface area contributed by atoms with Crippen LogP contribution in [-0.4, -0.2) is 29.1 Å². The van der Waals surface area contributed by atoms with E-state index in [9.17, 15) is 4.79 Å². The minimum atomic E-state index is 0.0790. The zero-order valence-corrected chi connectivity index (χ0v) is 10.8. The molecular formula is C13H20N2O2. The van der Waals surface area contributed by atoms with Crippen molar-refractivity contribution in [1.82, 2.24) is 10.1 Å². The summed E-state index contributed by atoms with van der Waals surface area (Å²) in [5.74, 6) is 1.43. The normalized spacial score (nSPS) is 21.4. The van der Waals surface area contributed by atoms with E-state index in [0.717, 1.165) is 31.8 Å². The summed E-state index contributed by atoms with van der Waals surface area (Å²) in [6, 6.07) is 0. The van der Waals surface area contributed by atoms with Gasteiger partial charge in [0.2, 0.25) is 0 Å². The molecule has 0 radical (unpaired) electrons. The largest absolute Gasteiger partial charge is 0.361 e. The molecule has 0 saturated carbocycles. The molecule has 1 amide bonds. The summed E-state index contributed by atoms with van der Waals surface area (Å²) in [6.45, 7) is 7.58.